The summed E-state index contributed by atoms with van der Waals surface area (Å²) >= 11 is 0. The Morgan fingerprint density at radius 1 is 0.500 bits per heavy atom. The van der Waals surface area contributed by atoms with Crippen LogP contribution in [0.4, 0.5) is 22.7 Å². The Morgan fingerprint density at radius 3 is 1.25 bits per heavy atom. The lowest BCUT2D eigenvalue weighted by molar-refractivity contribution is -0.0781. The van der Waals surface area contributed by atoms with Gasteiger partial charge in [0.05, 0.1) is 12.2 Å². The minimum absolute atomic E-state index is 0.252. The second-order valence-corrected chi connectivity index (χ2v) is 17.0. The van der Waals surface area contributed by atoms with Crippen LogP contribution >= 0.6 is 0 Å². The summed E-state index contributed by atoms with van der Waals surface area (Å²) in [7, 11) is 0. The molecular formula is C42H52N4O2. The lowest BCUT2D eigenvalue weighted by Crippen LogP contribution is -2.56. The molecular weight excluding hydrogens is 592 g/mol. The zero-order chi connectivity index (χ0) is 33.3. The quantitative estimate of drug-likeness (QED) is 0.131. The Kier molecular flexibility index (Phi) is 6.69. The third-order valence-corrected chi connectivity index (χ3v) is 14.1. The van der Waals surface area contributed by atoms with Crippen molar-refractivity contribution < 1.29 is 10.2 Å². The fourth-order valence-electron chi connectivity index (χ4n) is 11.0. The van der Waals surface area contributed by atoms with Gasteiger partial charge >= 0.3 is 0 Å². The molecule has 6 heteroatoms. The zero-order valence-electron chi connectivity index (χ0n) is 29.3. The lowest BCUT2D eigenvalue weighted by Gasteiger charge is -2.53. The van der Waals surface area contributed by atoms with Crippen LogP contribution in [-0.2, 0) is 0 Å². The van der Waals surface area contributed by atoms with E-state index in [2.05, 4.69) is 123 Å². The van der Waals surface area contributed by atoms with Crippen LogP contribution in [0.1, 0.15) is 90.2 Å². The van der Waals surface area contributed by atoms with Crippen LogP contribution in [0.2, 0.25) is 0 Å². The number of rotatable bonds is 2. The molecule has 3 fully saturated rings. The van der Waals surface area contributed by atoms with Crippen molar-refractivity contribution in [2.75, 3.05) is 21.3 Å². The first-order chi connectivity index (χ1) is 23.0. The number of aliphatic hydroxyl groups is 2. The first kappa shape index (κ1) is 30.6. The van der Waals surface area contributed by atoms with Crippen molar-refractivity contribution in [1.82, 2.24) is 0 Å². The van der Waals surface area contributed by atoms with E-state index in [0.717, 1.165) is 70.3 Å². The summed E-state index contributed by atoms with van der Waals surface area (Å²) in [5.41, 5.74) is 6.01. The highest BCUT2D eigenvalue weighted by Gasteiger charge is 2.54. The van der Waals surface area contributed by atoms with E-state index in [0.29, 0.717) is 35.5 Å². The molecule has 6 nitrogen and oxygen atoms in total. The van der Waals surface area contributed by atoms with Crippen LogP contribution in [0, 0.1) is 35.5 Å². The molecule has 48 heavy (non-hydrogen) atoms. The second-order valence-electron chi connectivity index (χ2n) is 17.0. The molecule has 0 bridgehead atoms. The van der Waals surface area contributed by atoms with Crippen LogP contribution in [0.25, 0.3) is 21.5 Å². The Morgan fingerprint density at radius 2 is 0.875 bits per heavy atom. The molecule has 9 rings (SSSR count). The molecule has 2 spiro atoms. The van der Waals surface area contributed by atoms with Crippen molar-refractivity contribution in [3.8, 4) is 0 Å². The van der Waals surface area contributed by atoms with Crippen LogP contribution in [-0.4, -0.2) is 33.7 Å². The van der Waals surface area contributed by atoms with Gasteiger partial charge in [0.1, 0.15) is 11.3 Å². The average molecular weight is 645 g/mol. The molecule has 2 heterocycles. The first-order valence-electron chi connectivity index (χ1n) is 18.6. The molecule has 2 aliphatic heterocycles. The van der Waals surface area contributed by atoms with Crippen molar-refractivity contribution in [2.24, 2.45) is 35.5 Å². The van der Waals surface area contributed by atoms with Gasteiger partial charge in [0, 0.05) is 45.4 Å². The molecule has 0 radical (unpaired) electrons. The number of nitrogens with one attached hydrogen (secondary N) is 4. The summed E-state index contributed by atoms with van der Waals surface area (Å²) in [6.07, 6.45) is 2.69. The third kappa shape index (κ3) is 4.30. The Labute approximate surface area is 285 Å². The van der Waals surface area contributed by atoms with Gasteiger partial charge in [-0.05, 0) is 95.2 Å². The van der Waals surface area contributed by atoms with E-state index in [1.54, 1.807) is 0 Å². The minimum Gasteiger partial charge on any atom is -0.392 e. The maximum absolute atomic E-state index is 12.2. The SMILES string of the molecule is CC1CC2(CC(C)C1C)Nc1cccc3ccc(C4C(O)C(c5ccc6cccc7c6c5NC5(CC(C)C(C)C(C)C5)N7)C4O)c(c13)N2. The van der Waals surface area contributed by atoms with Crippen molar-refractivity contribution in [3.05, 3.63) is 71.8 Å². The smallest absolute Gasteiger partial charge is 0.108 e. The molecule has 3 saturated carbocycles. The van der Waals surface area contributed by atoms with E-state index in [1.165, 1.54) is 10.8 Å². The summed E-state index contributed by atoms with van der Waals surface area (Å²) in [5.74, 6) is 2.86. The van der Waals surface area contributed by atoms with Crippen LogP contribution in [0.15, 0.2) is 60.7 Å². The molecule has 6 N–H and O–H groups in total. The molecule has 3 aliphatic carbocycles. The monoisotopic (exact) mass is 644 g/mol. The van der Waals surface area contributed by atoms with E-state index in [1.807, 2.05) is 0 Å². The van der Waals surface area contributed by atoms with Gasteiger partial charge in [-0.1, -0.05) is 90.1 Å². The number of hydrogen-bond acceptors (Lipinski definition) is 6. The molecule has 0 amide bonds. The fourth-order valence-corrected chi connectivity index (χ4v) is 11.0. The fraction of sp³-hybridized carbons (Fsp3) is 0.524. The molecule has 4 atom stereocenters. The number of aliphatic hydroxyl groups excluding tert-OH is 2. The lowest BCUT2D eigenvalue weighted by atomic mass is 9.61. The molecule has 0 saturated heterocycles. The molecule has 4 unspecified atom stereocenters. The maximum atomic E-state index is 12.2. The standard InChI is InChI=1S/C42H52N4O2/c1-21-17-41(18-22(2)25(21)5)43-31-11-7-9-27-13-15-29(37(45-41)33(27)31)35-39(47)36(40(35)48)30-16-14-28-10-8-12-32-34(28)38(30)46-42(44-32)19-23(3)26(6)24(4)20-42/h7-16,21-26,35-36,39-40,43-48H,17-20H2,1-6H3. The highest BCUT2D eigenvalue weighted by Crippen LogP contribution is 2.57. The minimum atomic E-state index is -0.713. The Balaban J connectivity index is 1.10. The summed E-state index contributed by atoms with van der Waals surface area (Å²) in [6, 6.07) is 21.6. The predicted octanol–water partition coefficient (Wildman–Crippen LogP) is 9.07. The molecule has 0 aromatic heterocycles. The highest BCUT2D eigenvalue weighted by atomic mass is 16.3. The number of anilines is 4. The molecule has 4 aromatic carbocycles. The van der Waals surface area contributed by atoms with Crippen LogP contribution in [0.3, 0.4) is 0 Å². The zero-order valence-corrected chi connectivity index (χ0v) is 29.3. The largest absolute Gasteiger partial charge is 0.392 e. The third-order valence-electron chi connectivity index (χ3n) is 14.1. The van der Waals surface area contributed by atoms with Gasteiger partial charge in [-0.25, -0.2) is 0 Å². The summed E-state index contributed by atoms with van der Waals surface area (Å²) in [6.45, 7) is 14.3. The normalized spacial score (nSPS) is 39.8. The Bertz CT molecular complexity index is 1770. The maximum Gasteiger partial charge on any atom is 0.108 e. The summed E-state index contributed by atoms with van der Waals surface area (Å²) in [4.78, 5) is 0. The summed E-state index contributed by atoms with van der Waals surface area (Å²) < 4.78 is 0. The number of benzene rings is 4. The van der Waals surface area contributed by atoms with Gasteiger partial charge in [-0.2, -0.15) is 0 Å². The van der Waals surface area contributed by atoms with E-state index in [9.17, 15) is 10.2 Å². The summed E-state index contributed by atoms with van der Waals surface area (Å²) in [5, 5.41) is 45.0. The van der Waals surface area contributed by atoms with Gasteiger partial charge in [0.15, 0.2) is 0 Å². The van der Waals surface area contributed by atoms with Gasteiger partial charge in [-0.15, -0.1) is 0 Å². The highest BCUT2D eigenvalue weighted by molar-refractivity contribution is 6.08. The topological polar surface area (TPSA) is 88.6 Å². The van der Waals surface area contributed by atoms with E-state index in [-0.39, 0.29) is 23.2 Å². The predicted molar refractivity (Wildman–Crippen MR) is 199 cm³/mol. The van der Waals surface area contributed by atoms with Crippen molar-refractivity contribution in [2.45, 2.75) is 103 Å². The van der Waals surface area contributed by atoms with Gasteiger partial charge < -0.3 is 31.5 Å². The average Bonchev–Trinajstić information content (AvgIpc) is 3.05. The van der Waals surface area contributed by atoms with Crippen LogP contribution < -0.4 is 21.3 Å². The van der Waals surface area contributed by atoms with E-state index < -0.39 is 12.2 Å². The van der Waals surface area contributed by atoms with Crippen molar-refractivity contribution in [3.63, 3.8) is 0 Å². The number of hydrogen-bond donors (Lipinski definition) is 6. The van der Waals surface area contributed by atoms with Gasteiger partial charge in [-0.3, -0.25) is 0 Å². The van der Waals surface area contributed by atoms with Gasteiger partial charge in [0.25, 0.3) is 0 Å². The van der Waals surface area contributed by atoms with Crippen molar-refractivity contribution >= 4 is 44.3 Å². The van der Waals surface area contributed by atoms with Crippen LogP contribution in [0.5, 0.6) is 0 Å². The van der Waals surface area contributed by atoms with Gasteiger partial charge in [0.2, 0.25) is 0 Å². The van der Waals surface area contributed by atoms with E-state index in [4.69, 9.17) is 0 Å². The molecule has 4 aromatic rings. The molecule has 5 aliphatic rings. The van der Waals surface area contributed by atoms with E-state index >= 15 is 0 Å². The Hall–Kier alpha value is -3.48. The first-order valence-corrected chi connectivity index (χ1v) is 18.6. The second kappa shape index (κ2) is 10.5. The molecule has 252 valence electrons. The van der Waals surface area contributed by atoms with Crippen molar-refractivity contribution in [1.29, 1.82) is 0 Å².